The molecule has 1 aliphatic heterocycles. The van der Waals surface area contributed by atoms with Gasteiger partial charge in [-0.1, -0.05) is 12.1 Å². The topological polar surface area (TPSA) is 103 Å². The number of esters is 1. The first-order valence-electron chi connectivity index (χ1n) is 12.9. The van der Waals surface area contributed by atoms with Gasteiger partial charge in [-0.05, 0) is 74.9 Å². The number of likely N-dealkylation sites (N-methyl/N-ethyl adjacent to an activating group) is 1. The summed E-state index contributed by atoms with van der Waals surface area (Å²) >= 11 is 0. The highest BCUT2D eigenvalue weighted by Gasteiger charge is 2.62. The van der Waals surface area contributed by atoms with Crippen LogP contribution in [0.5, 0.6) is 0 Å². The van der Waals surface area contributed by atoms with E-state index in [9.17, 15) is 32.8 Å². The first-order chi connectivity index (χ1) is 18.9. The molecule has 0 aromatic heterocycles. The van der Waals surface area contributed by atoms with Crippen LogP contribution in [0.1, 0.15) is 66.2 Å². The Morgan fingerprint density at radius 2 is 1.98 bits per heavy atom. The second-order valence-electron chi connectivity index (χ2n) is 10.4. The molecule has 208 valence electrons. The number of hydrogen-bond donors (Lipinski definition) is 1. The number of benzene rings is 2. The third-order valence-corrected chi connectivity index (χ3v) is 8.06. The SMILES string of the molecule is CCOC(=O)C1=C(C)N(c2cccc(C(F)(F)F)c2)C(=O)N(C)C1c1ccc(C#N)cc1C(=O)NC12CCC1C2. The van der Waals surface area contributed by atoms with Crippen molar-refractivity contribution in [3.05, 3.63) is 76.0 Å². The first-order valence-corrected chi connectivity index (χ1v) is 12.9. The zero-order chi connectivity index (χ0) is 29.0. The largest absolute Gasteiger partial charge is 0.463 e. The van der Waals surface area contributed by atoms with E-state index in [2.05, 4.69) is 5.32 Å². The fourth-order valence-corrected chi connectivity index (χ4v) is 5.73. The van der Waals surface area contributed by atoms with Gasteiger partial charge in [-0.2, -0.15) is 18.4 Å². The summed E-state index contributed by atoms with van der Waals surface area (Å²) in [4.78, 5) is 42.9. The lowest BCUT2D eigenvalue weighted by Gasteiger charge is -2.41. The van der Waals surface area contributed by atoms with Crippen molar-refractivity contribution in [1.82, 2.24) is 10.2 Å². The summed E-state index contributed by atoms with van der Waals surface area (Å²) < 4.78 is 45.7. The van der Waals surface area contributed by atoms with Gasteiger partial charge >= 0.3 is 18.2 Å². The van der Waals surface area contributed by atoms with Gasteiger partial charge in [0.2, 0.25) is 0 Å². The fourth-order valence-electron chi connectivity index (χ4n) is 5.73. The van der Waals surface area contributed by atoms with E-state index in [1.807, 2.05) is 6.07 Å². The molecule has 2 aliphatic carbocycles. The van der Waals surface area contributed by atoms with Crippen LogP contribution in [0.3, 0.4) is 0 Å². The van der Waals surface area contributed by atoms with Crippen molar-refractivity contribution in [3.63, 3.8) is 0 Å². The molecule has 2 fully saturated rings. The molecular weight excluding hydrogens is 525 g/mol. The quantitative estimate of drug-likeness (QED) is 0.490. The molecule has 2 saturated carbocycles. The van der Waals surface area contributed by atoms with E-state index >= 15 is 0 Å². The van der Waals surface area contributed by atoms with Crippen molar-refractivity contribution in [1.29, 1.82) is 5.26 Å². The van der Waals surface area contributed by atoms with Crippen LogP contribution in [0.4, 0.5) is 23.7 Å². The van der Waals surface area contributed by atoms with E-state index in [4.69, 9.17) is 4.74 Å². The number of anilines is 1. The Hall–Kier alpha value is -4.33. The third kappa shape index (κ3) is 4.47. The molecule has 2 aromatic rings. The Kier molecular flexibility index (Phi) is 6.60. The van der Waals surface area contributed by atoms with Crippen molar-refractivity contribution < 1.29 is 32.3 Å². The number of carbonyl (C=O) groups excluding carboxylic acids is 3. The van der Waals surface area contributed by atoms with Gasteiger partial charge < -0.3 is 15.0 Å². The number of carbonyl (C=O) groups is 3. The molecule has 40 heavy (non-hydrogen) atoms. The minimum Gasteiger partial charge on any atom is -0.463 e. The molecule has 0 spiro atoms. The Bertz CT molecular complexity index is 1490. The molecule has 2 aromatic carbocycles. The first kappa shape index (κ1) is 27.2. The molecule has 0 radical (unpaired) electrons. The van der Waals surface area contributed by atoms with E-state index in [1.54, 1.807) is 6.92 Å². The number of nitrogens with one attached hydrogen (secondary N) is 1. The minimum absolute atomic E-state index is 0.00811. The van der Waals surface area contributed by atoms with Crippen LogP contribution in [0.25, 0.3) is 0 Å². The number of urea groups is 1. The molecule has 3 atom stereocenters. The van der Waals surface area contributed by atoms with Gasteiger partial charge in [0.05, 0.1) is 41.1 Å². The van der Waals surface area contributed by atoms with Crippen LogP contribution in [0, 0.1) is 17.2 Å². The monoisotopic (exact) mass is 552 g/mol. The maximum absolute atomic E-state index is 13.7. The summed E-state index contributed by atoms with van der Waals surface area (Å²) in [7, 11) is 1.40. The smallest absolute Gasteiger partial charge is 0.416 e. The van der Waals surface area contributed by atoms with Crippen LogP contribution in [-0.4, -0.2) is 42.0 Å². The van der Waals surface area contributed by atoms with Crippen LogP contribution < -0.4 is 10.2 Å². The van der Waals surface area contributed by atoms with Crippen molar-refractivity contribution >= 4 is 23.6 Å². The lowest BCUT2D eigenvalue weighted by atomic mass is 9.88. The average Bonchev–Trinajstić information content (AvgIpc) is 3.43. The molecule has 3 aliphatic rings. The molecule has 1 heterocycles. The van der Waals surface area contributed by atoms with E-state index in [0.29, 0.717) is 11.5 Å². The molecule has 3 amide bonds. The second-order valence-corrected chi connectivity index (χ2v) is 10.4. The van der Waals surface area contributed by atoms with Gasteiger partial charge in [-0.3, -0.25) is 9.69 Å². The Labute approximate surface area is 229 Å². The summed E-state index contributed by atoms with van der Waals surface area (Å²) in [5.74, 6) is -0.774. The Morgan fingerprint density at radius 3 is 2.55 bits per heavy atom. The normalized spacial score (nSPS) is 23.7. The van der Waals surface area contributed by atoms with Gasteiger partial charge in [0.1, 0.15) is 0 Å². The molecule has 3 unspecified atom stereocenters. The van der Waals surface area contributed by atoms with Crippen molar-refractivity contribution in [2.24, 2.45) is 5.92 Å². The number of nitriles is 1. The molecule has 11 heteroatoms. The zero-order valence-corrected chi connectivity index (χ0v) is 22.1. The number of rotatable bonds is 6. The third-order valence-electron chi connectivity index (χ3n) is 8.06. The fraction of sp³-hybridized carbons (Fsp3) is 0.379. The summed E-state index contributed by atoms with van der Waals surface area (Å²) in [5, 5.41) is 12.6. The van der Waals surface area contributed by atoms with E-state index in [1.165, 1.54) is 49.2 Å². The highest BCUT2D eigenvalue weighted by Crippen LogP contribution is 2.59. The van der Waals surface area contributed by atoms with Crippen molar-refractivity contribution in [3.8, 4) is 6.07 Å². The van der Waals surface area contributed by atoms with Crippen molar-refractivity contribution in [2.75, 3.05) is 18.6 Å². The number of ether oxygens (including phenoxy) is 1. The summed E-state index contributed by atoms with van der Waals surface area (Å²) in [6.45, 7) is 3.07. The van der Waals surface area contributed by atoms with Gasteiger partial charge in [-0.25, -0.2) is 9.59 Å². The van der Waals surface area contributed by atoms with E-state index in [-0.39, 0.29) is 40.2 Å². The number of halogens is 3. The lowest BCUT2D eigenvalue weighted by Crippen LogP contribution is -2.50. The molecule has 5 rings (SSSR count). The van der Waals surface area contributed by atoms with Crippen LogP contribution in [0.2, 0.25) is 0 Å². The van der Waals surface area contributed by atoms with Crippen molar-refractivity contribution in [2.45, 2.75) is 50.9 Å². The van der Waals surface area contributed by atoms with E-state index in [0.717, 1.165) is 36.3 Å². The number of amides is 3. The molecule has 8 nitrogen and oxygen atoms in total. The van der Waals surface area contributed by atoms with Crippen LogP contribution >= 0.6 is 0 Å². The minimum atomic E-state index is -4.64. The molecule has 1 N–H and O–H groups in total. The van der Waals surface area contributed by atoms with Crippen LogP contribution in [0.15, 0.2) is 53.7 Å². The number of hydrogen-bond acceptors (Lipinski definition) is 5. The van der Waals surface area contributed by atoms with Gasteiger partial charge in [0.15, 0.2) is 0 Å². The average molecular weight is 553 g/mol. The second kappa shape index (κ2) is 9.70. The maximum atomic E-state index is 13.7. The molecule has 0 bridgehead atoms. The predicted octanol–water partition coefficient (Wildman–Crippen LogP) is 5.31. The predicted molar refractivity (Wildman–Crippen MR) is 138 cm³/mol. The number of allylic oxidation sites excluding steroid dienone is 1. The number of fused-ring (bicyclic) bond motifs is 1. The Morgan fingerprint density at radius 1 is 1.23 bits per heavy atom. The number of alkyl halides is 3. The van der Waals surface area contributed by atoms with Gasteiger partial charge in [-0.15, -0.1) is 0 Å². The zero-order valence-electron chi connectivity index (χ0n) is 22.1. The Balaban J connectivity index is 1.65. The van der Waals surface area contributed by atoms with Gasteiger partial charge in [0.25, 0.3) is 5.91 Å². The number of nitrogens with zero attached hydrogens (tertiary/aromatic N) is 3. The summed E-state index contributed by atoms with van der Waals surface area (Å²) in [6, 6.07) is 8.91. The van der Waals surface area contributed by atoms with Gasteiger partial charge in [0, 0.05) is 23.8 Å². The van der Waals surface area contributed by atoms with Crippen LogP contribution in [-0.2, 0) is 15.7 Å². The summed E-state index contributed by atoms with van der Waals surface area (Å²) in [5.41, 5.74) is -0.557. The maximum Gasteiger partial charge on any atom is 0.416 e. The summed E-state index contributed by atoms with van der Waals surface area (Å²) in [6.07, 6.45) is -1.87. The highest BCUT2D eigenvalue weighted by atomic mass is 19.4. The lowest BCUT2D eigenvalue weighted by molar-refractivity contribution is -0.139. The standard InChI is InChI=1S/C29H27F3N4O4/c1-4-40-26(38)23-16(2)36(20-7-5-6-18(13-20)29(30,31)32)27(39)35(3)24(23)21-9-8-17(15-33)12-22(21)25(37)34-28-11-10-19(28)14-28/h5-9,12-13,19,24H,4,10-11,14H2,1-3H3,(H,34,37). The van der Waals surface area contributed by atoms with E-state index < -0.39 is 35.7 Å². The highest BCUT2D eigenvalue weighted by molar-refractivity contribution is 6.04. The molecule has 0 saturated heterocycles. The molecular formula is C29H27F3N4O4.